The molecule has 0 fully saturated rings. The Hall–Kier alpha value is -2.14. The first-order valence-corrected chi connectivity index (χ1v) is 6.93. The largest absolute Gasteiger partial charge is 0.497 e. The Balaban J connectivity index is 2.33. The molecule has 0 amide bonds. The van der Waals surface area contributed by atoms with Crippen molar-refractivity contribution in [3.8, 4) is 17.4 Å². The van der Waals surface area contributed by atoms with Crippen molar-refractivity contribution >= 4 is 0 Å². The van der Waals surface area contributed by atoms with Gasteiger partial charge < -0.3 is 15.2 Å². The number of rotatable bonds is 5. The second-order valence-electron chi connectivity index (χ2n) is 5.18. The number of ether oxygens (including phenoxy) is 2. The van der Waals surface area contributed by atoms with Gasteiger partial charge >= 0.3 is 0 Å². The Morgan fingerprint density at radius 3 is 2.43 bits per heavy atom. The van der Waals surface area contributed by atoms with Gasteiger partial charge in [-0.2, -0.15) is 4.98 Å². The highest BCUT2D eigenvalue weighted by Gasteiger charge is 2.09. The van der Waals surface area contributed by atoms with E-state index in [0.29, 0.717) is 23.9 Å². The van der Waals surface area contributed by atoms with E-state index in [4.69, 9.17) is 15.2 Å². The molecule has 2 N–H and O–H groups in total. The number of methoxy groups -OCH3 is 1. The zero-order valence-corrected chi connectivity index (χ0v) is 12.9. The van der Waals surface area contributed by atoms with Crippen molar-refractivity contribution in [2.45, 2.75) is 33.2 Å². The predicted octanol–water partition coefficient (Wildman–Crippen LogP) is 3.17. The molecule has 1 aromatic carbocycles. The van der Waals surface area contributed by atoms with Gasteiger partial charge in [0.15, 0.2) is 0 Å². The molecule has 0 saturated carbocycles. The molecule has 0 unspecified atom stereocenters. The highest BCUT2D eigenvalue weighted by molar-refractivity contribution is 5.40. The van der Waals surface area contributed by atoms with Crippen molar-refractivity contribution in [3.05, 3.63) is 41.3 Å². The summed E-state index contributed by atoms with van der Waals surface area (Å²) in [6.45, 7) is 6.46. The predicted molar refractivity (Wildman–Crippen MR) is 81.8 cm³/mol. The van der Waals surface area contributed by atoms with Crippen LogP contribution in [-0.4, -0.2) is 17.1 Å². The fraction of sp³-hybridized carbons (Fsp3) is 0.375. The number of nitrogens with zero attached hydrogens (tertiary/aromatic N) is 2. The van der Waals surface area contributed by atoms with E-state index in [1.54, 1.807) is 7.11 Å². The minimum absolute atomic E-state index is 0.247. The van der Waals surface area contributed by atoms with Gasteiger partial charge in [0.2, 0.25) is 5.88 Å². The lowest BCUT2D eigenvalue weighted by Gasteiger charge is -2.11. The van der Waals surface area contributed by atoms with Gasteiger partial charge in [0.05, 0.1) is 7.11 Å². The molecule has 0 radical (unpaired) electrons. The monoisotopic (exact) mass is 287 g/mol. The average Bonchev–Trinajstić information content (AvgIpc) is 2.46. The summed E-state index contributed by atoms with van der Waals surface area (Å²) < 4.78 is 11.1. The Morgan fingerprint density at radius 1 is 1.10 bits per heavy atom. The molecular formula is C16H21N3O2. The Bertz CT molecular complexity index is 605. The number of nitrogens with two attached hydrogens (primary N) is 1. The summed E-state index contributed by atoms with van der Waals surface area (Å²) in [7, 11) is 1.62. The lowest BCUT2D eigenvalue weighted by molar-refractivity contribution is 0.406. The van der Waals surface area contributed by atoms with Gasteiger partial charge in [-0.1, -0.05) is 13.8 Å². The molecule has 0 atom stereocenters. The van der Waals surface area contributed by atoms with Crippen LogP contribution in [0.15, 0.2) is 24.3 Å². The van der Waals surface area contributed by atoms with Crippen LogP contribution >= 0.6 is 0 Å². The number of aromatic nitrogens is 2. The van der Waals surface area contributed by atoms with Crippen molar-refractivity contribution in [2.24, 2.45) is 5.73 Å². The van der Waals surface area contributed by atoms with Gasteiger partial charge in [-0.3, -0.25) is 0 Å². The maximum absolute atomic E-state index is 5.85. The molecule has 0 bridgehead atoms. The van der Waals surface area contributed by atoms with E-state index in [1.807, 2.05) is 31.2 Å². The van der Waals surface area contributed by atoms with Crippen LogP contribution in [0.5, 0.6) is 17.4 Å². The zero-order chi connectivity index (χ0) is 15.4. The smallest absolute Gasteiger partial charge is 0.222 e. The van der Waals surface area contributed by atoms with Gasteiger partial charge in [0.25, 0.3) is 0 Å². The summed E-state index contributed by atoms with van der Waals surface area (Å²) >= 11 is 0. The lowest BCUT2D eigenvalue weighted by Crippen LogP contribution is -2.02. The standard InChI is InChI=1S/C16H21N3O2/c1-10(2)16-18-11(3)5-15(19-16)21-14-7-12(9-17)6-13(8-14)20-4/h5-8,10H,9,17H2,1-4H3. The van der Waals surface area contributed by atoms with Crippen molar-refractivity contribution in [1.82, 2.24) is 9.97 Å². The van der Waals surface area contributed by atoms with E-state index in [9.17, 15) is 0 Å². The van der Waals surface area contributed by atoms with Crippen LogP contribution in [0.1, 0.15) is 36.8 Å². The molecule has 21 heavy (non-hydrogen) atoms. The minimum atomic E-state index is 0.247. The normalized spacial score (nSPS) is 10.8. The SMILES string of the molecule is COc1cc(CN)cc(Oc2cc(C)nc(C(C)C)n2)c1. The average molecular weight is 287 g/mol. The van der Waals surface area contributed by atoms with Gasteiger partial charge in [-0.05, 0) is 24.6 Å². The number of aryl methyl sites for hydroxylation is 1. The van der Waals surface area contributed by atoms with E-state index in [2.05, 4.69) is 23.8 Å². The number of benzene rings is 1. The number of hydrogen-bond donors (Lipinski definition) is 1. The Morgan fingerprint density at radius 2 is 1.81 bits per heavy atom. The number of hydrogen-bond acceptors (Lipinski definition) is 5. The van der Waals surface area contributed by atoms with Crippen LogP contribution < -0.4 is 15.2 Å². The molecule has 2 rings (SSSR count). The van der Waals surface area contributed by atoms with Crippen LogP contribution in [0.4, 0.5) is 0 Å². The van der Waals surface area contributed by atoms with Crippen LogP contribution in [0.25, 0.3) is 0 Å². The van der Waals surface area contributed by atoms with Crippen molar-refractivity contribution in [1.29, 1.82) is 0 Å². The molecule has 0 aliphatic rings. The lowest BCUT2D eigenvalue weighted by atomic mass is 10.2. The summed E-state index contributed by atoms with van der Waals surface area (Å²) in [6.07, 6.45) is 0. The third kappa shape index (κ3) is 3.92. The fourth-order valence-electron chi connectivity index (χ4n) is 1.92. The highest BCUT2D eigenvalue weighted by Crippen LogP contribution is 2.27. The van der Waals surface area contributed by atoms with Gasteiger partial charge in [-0.25, -0.2) is 4.98 Å². The molecule has 0 spiro atoms. The maximum atomic E-state index is 5.85. The first-order valence-electron chi connectivity index (χ1n) is 6.93. The zero-order valence-electron chi connectivity index (χ0n) is 12.9. The molecule has 112 valence electrons. The molecule has 5 nitrogen and oxygen atoms in total. The molecule has 2 aromatic rings. The summed E-state index contributed by atoms with van der Waals surface area (Å²) in [5.74, 6) is 2.91. The molecular weight excluding hydrogens is 266 g/mol. The molecule has 0 aliphatic carbocycles. The first-order chi connectivity index (χ1) is 10.0. The second-order valence-corrected chi connectivity index (χ2v) is 5.18. The van der Waals surface area contributed by atoms with E-state index in [1.165, 1.54) is 0 Å². The summed E-state index contributed by atoms with van der Waals surface area (Å²) in [4.78, 5) is 8.84. The topological polar surface area (TPSA) is 70.3 Å². The highest BCUT2D eigenvalue weighted by atomic mass is 16.5. The summed E-state index contributed by atoms with van der Waals surface area (Å²) in [5, 5.41) is 0. The van der Waals surface area contributed by atoms with Crippen LogP contribution in [0.2, 0.25) is 0 Å². The van der Waals surface area contributed by atoms with Crippen molar-refractivity contribution in [2.75, 3.05) is 7.11 Å². The van der Waals surface area contributed by atoms with Gasteiger partial charge in [0.1, 0.15) is 17.3 Å². The molecule has 1 aromatic heterocycles. The van der Waals surface area contributed by atoms with E-state index in [0.717, 1.165) is 17.1 Å². The Labute approximate surface area is 125 Å². The quantitative estimate of drug-likeness (QED) is 0.914. The second kappa shape index (κ2) is 6.54. The van der Waals surface area contributed by atoms with Crippen LogP contribution in [0, 0.1) is 6.92 Å². The van der Waals surface area contributed by atoms with Crippen molar-refractivity contribution in [3.63, 3.8) is 0 Å². The first kappa shape index (κ1) is 15.3. The third-order valence-electron chi connectivity index (χ3n) is 3.00. The summed E-state index contributed by atoms with van der Waals surface area (Å²) in [6, 6.07) is 7.39. The van der Waals surface area contributed by atoms with Crippen LogP contribution in [0.3, 0.4) is 0 Å². The molecule has 5 heteroatoms. The van der Waals surface area contributed by atoms with Crippen LogP contribution in [-0.2, 0) is 6.54 Å². The third-order valence-corrected chi connectivity index (χ3v) is 3.00. The van der Waals surface area contributed by atoms with Gasteiger partial charge in [-0.15, -0.1) is 0 Å². The fourth-order valence-corrected chi connectivity index (χ4v) is 1.92. The minimum Gasteiger partial charge on any atom is -0.497 e. The Kier molecular flexibility index (Phi) is 4.75. The summed E-state index contributed by atoms with van der Waals surface area (Å²) in [5.41, 5.74) is 7.51. The molecule has 0 saturated heterocycles. The molecule has 0 aliphatic heterocycles. The van der Waals surface area contributed by atoms with E-state index in [-0.39, 0.29) is 5.92 Å². The van der Waals surface area contributed by atoms with E-state index < -0.39 is 0 Å². The van der Waals surface area contributed by atoms with Gasteiger partial charge in [0, 0.05) is 30.3 Å². The van der Waals surface area contributed by atoms with E-state index >= 15 is 0 Å². The molecule has 1 heterocycles. The van der Waals surface area contributed by atoms with Crippen molar-refractivity contribution < 1.29 is 9.47 Å². The maximum Gasteiger partial charge on any atom is 0.222 e.